The van der Waals surface area contributed by atoms with Crippen LogP contribution >= 0.6 is 0 Å². The second kappa shape index (κ2) is 12.8. The molecule has 0 atom stereocenters. The van der Waals surface area contributed by atoms with Gasteiger partial charge in [0.2, 0.25) is 0 Å². The van der Waals surface area contributed by atoms with Gasteiger partial charge in [0, 0.05) is 26.2 Å². The summed E-state index contributed by atoms with van der Waals surface area (Å²) in [5.74, 6) is 0. The molecule has 0 bridgehead atoms. The predicted octanol–water partition coefficient (Wildman–Crippen LogP) is 9.75. The van der Waals surface area contributed by atoms with Crippen molar-refractivity contribution in [1.82, 2.24) is 38.2 Å². The highest BCUT2D eigenvalue weighted by molar-refractivity contribution is 5.80. The minimum atomic E-state index is 0.696. The largest absolute Gasteiger partial charge is 0.326 e. The number of rotatable bonds is 8. The standard InChI is InChI=1S/C46H46N8/c1-27-9-39-43(13-31(27)5)51(23-47-39)19-35-17-37(21-53-25-49-41-11-29(3)33(7)15-45(41)53)38(22-54-26-50-42-12-30(4)34(8)16-46(42)54)18-36(35)20-52-24-48-40-10-28(2)32(6)14-44(40)52/h9-18,23-26H,19-22H2,1-8H3. The van der Waals surface area contributed by atoms with Gasteiger partial charge in [0.1, 0.15) is 0 Å². The van der Waals surface area contributed by atoms with Crippen LogP contribution in [0.2, 0.25) is 0 Å². The summed E-state index contributed by atoms with van der Waals surface area (Å²) in [6.07, 6.45) is 7.98. The van der Waals surface area contributed by atoms with E-state index in [2.05, 4.69) is 134 Å². The van der Waals surface area contributed by atoms with Gasteiger partial charge >= 0.3 is 0 Å². The lowest BCUT2D eigenvalue weighted by Crippen LogP contribution is -2.12. The lowest BCUT2D eigenvalue weighted by Gasteiger charge is -2.20. The van der Waals surface area contributed by atoms with Crippen molar-refractivity contribution in [3.63, 3.8) is 0 Å². The Balaban J connectivity index is 1.23. The number of benzene rings is 5. The van der Waals surface area contributed by atoms with Crippen LogP contribution in [0.3, 0.4) is 0 Å². The lowest BCUT2D eigenvalue weighted by atomic mass is 9.96. The van der Waals surface area contributed by atoms with Gasteiger partial charge in [0.05, 0.1) is 69.4 Å². The average Bonchev–Trinajstić information content (AvgIpc) is 3.91. The normalized spacial score (nSPS) is 12.0. The molecule has 54 heavy (non-hydrogen) atoms. The molecule has 9 aromatic rings. The highest BCUT2D eigenvalue weighted by Gasteiger charge is 2.18. The summed E-state index contributed by atoms with van der Waals surface area (Å²) >= 11 is 0. The van der Waals surface area contributed by atoms with E-state index in [1.54, 1.807) is 0 Å². The Morgan fingerprint density at radius 2 is 0.500 bits per heavy atom. The first-order valence-electron chi connectivity index (χ1n) is 18.8. The van der Waals surface area contributed by atoms with E-state index in [9.17, 15) is 0 Å². The van der Waals surface area contributed by atoms with Crippen LogP contribution in [-0.4, -0.2) is 38.2 Å². The third-order valence-electron chi connectivity index (χ3n) is 11.8. The van der Waals surface area contributed by atoms with E-state index in [0.29, 0.717) is 26.2 Å². The summed E-state index contributed by atoms with van der Waals surface area (Å²) in [4.78, 5) is 19.4. The predicted molar refractivity (Wildman–Crippen MR) is 220 cm³/mol. The van der Waals surface area contributed by atoms with Crippen molar-refractivity contribution < 1.29 is 0 Å². The first kappa shape index (κ1) is 33.8. The van der Waals surface area contributed by atoms with E-state index < -0.39 is 0 Å². The first-order valence-corrected chi connectivity index (χ1v) is 18.8. The van der Waals surface area contributed by atoms with Gasteiger partial charge in [-0.1, -0.05) is 12.1 Å². The molecule has 8 heteroatoms. The van der Waals surface area contributed by atoms with Crippen molar-refractivity contribution in [3.05, 3.63) is 153 Å². The molecule has 0 N–H and O–H groups in total. The zero-order valence-corrected chi connectivity index (χ0v) is 32.5. The molecule has 0 fully saturated rings. The fourth-order valence-electron chi connectivity index (χ4n) is 7.87. The zero-order valence-electron chi connectivity index (χ0n) is 32.5. The van der Waals surface area contributed by atoms with E-state index in [0.717, 1.165) is 44.1 Å². The van der Waals surface area contributed by atoms with Crippen LogP contribution in [0.5, 0.6) is 0 Å². The summed E-state index contributed by atoms with van der Waals surface area (Å²) in [7, 11) is 0. The van der Waals surface area contributed by atoms with Gasteiger partial charge in [-0.05, 0) is 171 Å². The molecule has 4 heterocycles. The van der Waals surface area contributed by atoms with Gasteiger partial charge in [0.25, 0.3) is 0 Å². The summed E-state index contributed by atoms with van der Waals surface area (Å²) < 4.78 is 9.21. The molecule has 0 aliphatic carbocycles. The van der Waals surface area contributed by atoms with Crippen molar-refractivity contribution in [2.75, 3.05) is 0 Å². The Morgan fingerprint density at radius 1 is 0.296 bits per heavy atom. The number of fused-ring (bicyclic) bond motifs is 4. The average molecular weight is 711 g/mol. The number of imidazole rings is 4. The molecule has 0 spiro atoms. The topological polar surface area (TPSA) is 71.3 Å². The van der Waals surface area contributed by atoms with E-state index in [1.807, 2.05) is 25.3 Å². The van der Waals surface area contributed by atoms with Gasteiger partial charge in [-0.25, -0.2) is 19.9 Å². The van der Waals surface area contributed by atoms with Crippen molar-refractivity contribution in [2.45, 2.75) is 81.6 Å². The fourth-order valence-corrected chi connectivity index (χ4v) is 7.87. The number of aryl methyl sites for hydroxylation is 8. The molecule has 0 saturated carbocycles. The van der Waals surface area contributed by atoms with Crippen LogP contribution in [0.15, 0.2) is 86.0 Å². The van der Waals surface area contributed by atoms with Crippen LogP contribution in [-0.2, 0) is 26.2 Å². The minimum Gasteiger partial charge on any atom is -0.326 e. The minimum absolute atomic E-state index is 0.696. The maximum absolute atomic E-state index is 4.85. The summed E-state index contributed by atoms with van der Waals surface area (Å²) in [5.41, 5.74) is 23.8. The van der Waals surface area contributed by atoms with E-state index in [1.165, 1.54) is 66.8 Å². The molecule has 0 radical (unpaired) electrons. The molecule has 0 aliphatic heterocycles. The van der Waals surface area contributed by atoms with Gasteiger partial charge in [0.15, 0.2) is 0 Å². The monoisotopic (exact) mass is 710 g/mol. The SMILES string of the molecule is Cc1cc2ncn(Cc3cc(Cn4cnc5cc(C)c(C)cc54)c(Cn4cnc5cc(C)c(C)cc54)cc3Cn3cnc4cc(C)c(C)cc43)c2cc1C. The summed E-state index contributed by atoms with van der Waals surface area (Å²) in [5, 5.41) is 0. The third-order valence-corrected chi connectivity index (χ3v) is 11.8. The number of nitrogens with zero attached hydrogens (tertiary/aromatic N) is 8. The Labute approximate surface area is 315 Å². The molecule has 270 valence electrons. The van der Waals surface area contributed by atoms with Crippen LogP contribution in [0.4, 0.5) is 0 Å². The van der Waals surface area contributed by atoms with Gasteiger partial charge in [-0.15, -0.1) is 0 Å². The lowest BCUT2D eigenvalue weighted by molar-refractivity contribution is 0.742. The molecule has 0 amide bonds. The van der Waals surface area contributed by atoms with Crippen molar-refractivity contribution in [3.8, 4) is 0 Å². The molecule has 4 aromatic heterocycles. The molecule has 9 rings (SSSR count). The number of hydrogen-bond donors (Lipinski definition) is 0. The van der Waals surface area contributed by atoms with Crippen molar-refractivity contribution in [2.24, 2.45) is 0 Å². The van der Waals surface area contributed by atoms with Crippen molar-refractivity contribution in [1.29, 1.82) is 0 Å². The van der Waals surface area contributed by atoms with Crippen LogP contribution in [0.1, 0.15) is 66.8 Å². The summed E-state index contributed by atoms with van der Waals surface area (Å²) in [6, 6.07) is 22.8. The van der Waals surface area contributed by atoms with E-state index in [4.69, 9.17) is 19.9 Å². The molecule has 8 nitrogen and oxygen atoms in total. The third kappa shape index (κ3) is 5.86. The zero-order chi connectivity index (χ0) is 37.4. The van der Waals surface area contributed by atoms with Crippen LogP contribution in [0.25, 0.3) is 44.1 Å². The van der Waals surface area contributed by atoms with Crippen molar-refractivity contribution >= 4 is 44.1 Å². The highest BCUT2D eigenvalue weighted by Crippen LogP contribution is 2.29. The maximum Gasteiger partial charge on any atom is 0.0961 e. The number of hydrogen-bond acceptors (Lipinski definition) is 4. The van der Waals surface area contributed by atoms with Gasteiger partial charge < -0.3 is 18.3 Å². The molecular formula is C46H46N8. The van der Waals surface area contributed by atoms with E-state index in [-0.39, 0.29) is 0 Å². The van der Waals surface area contributed by atoms with Gasteiger partial charge in [-0.2, -0.15) is 0 Å². The molecule has 0 aliphatic rings. The number of aromatic nitrogens is 8. The second-order valence-electron chi connectivity index (χ2n) is 15.6. The second-order valence-corrected chi connectivity index (χ2v) is 15.6. The molecule has 5 aromatic carbocycles. The Morgan fingerprint density at radius 3 is 0.722 bits per heavy atom. The summed E-state index contributed by atoms with van der Waals surface area (Å²) in [6.45, 7) is 20.1. The molecule has 0 unspecified atom stereocenters. The Hall–Kier alpha value is -6.02. The quantitative estimate of drug-likeness (QED) is 0.158. The van der Waals surface area contributed by atoms with Gasteiger partial charge in [-0.3, -0.25) is 0 Å². The molecule has 0 saturated heterocycles. The van der Waals surface area contributed by atoms with Crippen LogP contribution in [0, 0.1) is 55.4 Å². The molecular weight excluding hydrogens is 665 g/mol. The highest BCUT2D eigenvalue weighted by atomic mass is 15.1. The Kier molecular flexibility index (Phi) is 8.03. The smallest absolute Gasteiger partial charge is 0.0961 e. The van der Waals surface area contributed by atoms with E-state index >= 15 is 0 Å². The Bertz CT molecular complexity index is 2540. The maximum atomic E-state index is 4.85. The van der Waals surface area contributed by atoms with Crippen LogP contribution < -0.4 is 0 Å². The first-order chi connectivity index (χ1) is 26.0. The fraction of sp³-hybridized carbons (Fsp3) is 0.261.